The summed E-state index contributed by atoms with van der Waals surface area (Å²) in [5, 5.41) is 0. The molecule has 0 saturated carbocycles. The fraction of sp³-hybridized carbons (Fsp3) is 0.100. The van der Waals surface area contributed by atoms with Gasteiger partial charge in [0.15, 0.2) is 0 Å². The number of ether oxygens (including phenoxy) is 1. The lowest BCUT2D eigenvalue weighted by molar-refractivity contribution is 0.418. The summed E-state index contributed by atoms with van der Waals surface area (Å²) in [4.78, 5) is 0. The van der Waals surface area contributed by atoms with Crippen molar-refractivity contribution in [2.75, 3.05) is 0 Å². The van der Waals surface area contributed by atoms with Gasteiger partial charge in [0.1, 0.15) is 11.5 Å². The average Bonchev–Trinajstić information content (AvgIpc) is 3.49. The Morgan fingerprint density at radius 1 is 0.415 bits per heavy atom. The first-order valence-electron chi connectivity index (χ1n) is 14.4. The van der Waals surface area contributed by atoms with Gasteiger partial charge in [0, 0.05) is 16.5 Å². The molecular weight excluding hydrogens is 496 g/mol. The van der Waals surface area contributed by atoms with Gasteiger partial charge in [-0.15, -0.1) is 0 Å². The normalized spacial score (nSPS) is 15.7. The van der Waals surface area contributed by atoms with Crippen LogP contribution >= 0.6 is 0 Å². The van der Waals surface area contributed by atoms with Crippen molar-refractivity contribution in [3.8, 4) is 44.9 Å². The largest absolute Gasteiger partial charge is 0.457 e. The third-order valence-corrected chi connectivity index (χ3v) is 9.77. The minimum Gasteiger partial charge on any atom is -0.457 e. The van der Waals surface area contributed by atoms with Crippen LogP contribution in [0.5, 0.6) is 11.5 Å². The Hall–Kier alpha value is -4.88. The van der Waals surface area contributed by atoms with Crippen molar-refractivity contribution in [1.82, 2.24) is 0 Å². The zero-order valence-electron chi connectivity index (χ0n) is 23.1. The van der Waals surface area contributed by atoms with Crippen molar-refractivity contribution in [2.45, 2.75) is 24.7 Å². The van der Waals surface area contributed by atoms with Crippen LogP contribution in [0, 0.1) is 0 Å². The van der Waals surface area contributed by atoms with Gasteiger partial charge in [0.25, 0.3) is 0 Å². The first kappa shape index (κ1) is 22.9. The molecule has 0 bridgehead atoms. The highest BCUT2D eigenvalue weighted by molar-refractivity contribution is 6.00. The molecule has 0 atom stereocenters. The minimum atomic E-state index is -0.333. The van der Waals surface area contributed by atoms with E-state index in [2.05, 4.69) is 147 Å². The molecule has 41 heavy (non-hydrogen) atoms. The Morgan fingerprint density at radius 3 is 1.63 bits per heavy atom. The van der Waals surface area contributed by atoms with Gasteiger partial charge in [-0.25, -0.2) is 0 Å². The molecule has 6 aromatic carbocycles. The van der Waals surface area contributed by atoms with Crippen LogP contribution in [0.2, 0.25) is 0 Å². The van der Waals surface area contributed by atoms with Crippen LogP contribution in [0.4, 0.5) is 0 Å². The van der Waals surface area contributed by atoms with E-state index in [4.69, 9.17) is 4.74 Å². The maximum absolute atomic E-state index is 6.55. The van der Waals surface area contributed by atoms with Crippen molar-refractivity contribution in [3.05, 3.63) is 167 Å². The maximum atomic E-state index is 6.55. The summed E-state index contributed by atoms with van der Waals surface area (Å²) in [6.45, 7) is 4.59. The van der Waals surface area contributed by atoms with E-state index in [1.165, 1.54) is 66.8 Å². The number of rotatable bonds is 1. The van der Waals surface area contributed by atoms with Crippen LogP contribution in [-0.2, 0) is 10.8 Å². The summed E-state index contributed by atoms with van der Waals surface area (Å²) in [6.07, 6.45) is 0. The molecule has 1 nitrogen and oxygen atoms in total. The molecule has 0 amide bonds. The van der Waals surface area contributed by atoms with Crippen molar-refractivity contribution in [3.63, 3.8) is 0 Å². The fourth-order valence-electron chi connectivity index (χ4n) is 8.01. The lowest BCUT2D eigenvalue weighted by Crippen LogP contribution is -2.25. The van der Waals surface area contributed by atoms with Crippen molar-refractivity contribution in [2.24, 2.45) is 0 Å². The summed E-state index contributed by atoms with van der Waals surface area (Å²) in [7, 11) is 0. The Bertz CT molecular complexity index is 2020. The summed E-state index contributed by atoms with van der Waals surface area (Å²) in [5.74, 6) is 1.89. The minimum absolute atomic E-state index is 0.130. The van der Waals surface area contributed by atoms with Crippen molar-refractivity contribution >= 4 is 0 Å². The van der Waals surface area contributed by atoms with E-state index < -0.39 is 0 Å². The second-order valence-corrected chi connectivity index (χ2v) is 12.0. The SMILES string of the molecule is CC1(C)c2ccccc2Oc2cc(-c3cccc4c3-c3ccccc3C43c4ccccc4-c4ccccc43)ccc21. The van der Waals surface area contributed by atoms with Gasteiger partial charge >= 0.3 is 0 Å². The molecule has 0 fully saturated rings. The summed E-state index contributed by atoms with van der Waals surface area (Å²) in [5.41, 5.74) is 15.2. The summed E-state index contributed by atoms with van der Waals surface area (Å²) < 4.78 is 6.55. The monoisotopic (exact) mass is 524 g/mol. The molecule has 1 heterocycles. The number of fused-ring (bicyclic) bond motifs is 12. The molecule has 2 aliphatic carbocycles. The number of para-hydroxylation sites is 1. The standard InChI is InChI=1S/C40H28O/c1-39(2)33-19-9-10-21-36(33)41-37-24-25(22-23-34(37)39)26-15-11-20-35-38(26)29-14-5-8-18-32(29)40(35)30-16-6-3-12-27(30)28-13-4-7-17-31(28)40/h3-24H,1-2H3. The van der Waals surface area contributed by atoms with Crippen LogP contribution in [0.3, 0.4) is 0 Å². The molecule has 9 rings (SSSR count). The van der Waals surface area contributed by atoms with Gasteiger partial charge in [-0.1, -0.05) is 135 Å². The van der Waals surface area contributed by atoms with E-state index in [1.54, 1.807) is 0 Å². The van der Waals surface area contributed by atoms with Crippen LogP contribution < -0.4 is 4.74 Å². The highest BCUT2D eigenvalue weighted by atomic mass is 16.5. The number of benzene rings is 6. The fourth-order valence-corrected chi connectivity index (χ4v) is 8.01. The zero-order valence-corrected chi connectivity index (χ0v) is 23.1. The van der Waals surface area contributed by atoms with E-state index in [0.717, 1.165) is 11.5 Å². The van der Waals surface area contributed by atoms with Gasteiger partial charge in [-0.2, -0.15) is 0 Å². The molecule has 0 unspecified atom stereocenters. The smallest absolute Gasteiger partial charge is 0.132 e. The Kier molecular flexibility index (Phi) is 4.39. The third kappa shape index (κ3) is 2.76. The third-order valence-electron chi connectivity index (χ3n) is 9.77. The quantitative estimate of drug-likeness (QED) is 0.208. The topological polar surface area (TPSA) is 9.23 Å². The molecule has 6 aromatic rings. The van der Waals surface area contributed by atoms with E-state index in [1.807, 2.05) is 0 Å². The molecule has 1 aliphatic heterocycles. The van der Waals surface area contributed by atoms with Crippen molar-refractivity contribution in [1.29, 1.82) is 0 Å². The highest BCUT2D eigenvalue weighted by Gasteiger charge is 2.52. The van der Waals surface area contributed by atoms with Crippen LogP contribution in [0.15, 0.2) is 133 Å². The molecule has 0 N–H and O–H groups in total. The summed E-state index contributed by atoms with van der Waals surface area (Å²) >= 11 is 0. The second kappa shape index (κ2) is 7.86. The predicted octanol–water partition coefficient (Wildman–Crippen LogP) is 10.1. The van der Waals surface area contributed by atoms with Crippen LogP contribution in [0.1, 0.15) is 47.2 Å². The molecule has 1 heteroatoms. The molecule has 0 aromatic heterocycles. The summed E-state index contributed by atoms with van der Waals surface area (Å²) in [6, 6.07) is 49.1. The predicted molar refractivity (Wildman–Crippen MR) is 167 cm³/mol. The van der Waals surface area contributed by atoms with E-state index >= 15 is 0 Å². The first-order chi connectivity index (χ1) is 20.1. The van der Waals surface area contributed by atoms with Gasteiger partial charge in [-0.3, -0.25) is 0 Å². The molecule has 1 spiro atoms. The molecule has 0 saturated heterocycles. The molecular formula is C40H28O. The number of hydrogen-bond acceptors (Lipinski definition) is 1. The Balaban J connectivity index is 1.32. The second-order valence-electron chi connectivity index (χ2n) is 12.0. The highest BCUT2D eigenvalue weighted by Crippen LogP contribution is 2.64. The molecule has 3 aliphatic rings. The van der Waals surface area contributed by atoms with Gasteiger partial charge in [0.2, 0.25) is 0 Å². The van der Waals surface area contributed by atoms with Crippen molar-refractivity contribution < 1.29 is 4.74 Å². The van der Waals surface area contributed by atoms with E-state index in [-0.39, 0.29) is 10.8 Å². The van der Waals surface area contributed by atoms with E-state index in [9.17, 15) is 0 Å². The average molecular weight is 525 g/mol. The zero-order chi connectivity index (χ0) is 27.3. The van der Waals surface area contributed by atoms with Gasteiger partial charge < -0.3 is 4.74 Å². The van der Waals surface area contributed by atoms with E-state index in [0.29, 0.717) is 0 Å². The lowest BCUT2D eigenvalue weighted by atomic mass is 9.70. The van der Waals surface area contributed by atoms with Gasteiger partial charge in [0.05, 0.1) is 5.41 Å². The lowest BCUT2D eigenvalue weighted by Gasteiger charge is -2.34. The molecule has 0 radical (unpaired) electrons. The number of hydrogen-bond donors (Lipinski definition) is 0. The molecule has 194 valence electrons. The van der Waals surface area contributed by atoms with Gasteiger partial charge in [-0.05, 0) is 67.8 Å². The Labute approximate surface area is 240 Å². The van der Waals surface area contributed by atoms with Crippen LogP contribution in [-0.4, -0.2) is 0 Å². The first-order valence-corrected chi connectivity index (χ1v) is 14.4. The Morgan fingerprint density at radius 2 is 0.927 bits per heavy atom. The maximum Gasteiger partial charge on any atom is 0.132 e. The van der Waals surface area contributed by atoms with Crippen LogP contribution in [0.25, 0.3) is 33.4 Å².